The number of carbonyl (C=O) groups excluding carboxylic acids is 1. The number of nitrogens with zero attached hydrogens (tertiary/aromatic N) is 1. The van der Waals surface area contributed by atoms with E-state index in [2.05, 4.69) is 5.32 Å². The van der Waals surface area contributed by atoms with Crippen molar-refractivity contribution in [1.82, 2.24) is 5.32 Å². The van der Waals surface area contributed by atoms with Crippen molar-refractivity contribution in [2.24, 2.45) is 0 Å². The van der Waals surface area contributed by atoms with E-state index in [1.54, 1.807) is 32.0 Å². The van der Waals surface area contributed by atoms with Crippen LogP contribution in [0.3, 0.4) is 0 Å². The highest BCUT2D eigenvalue weighted by Gasteiger charge is 2.11. The molecule has 0 saturated heterocycles. The highest BCUT2D eigenvalue weighted by Crippen LogP contribution is 2.10. The average molecular weight is 218 g/mol. The second kappa shape index (κ2) is 5.29. The second-order valence-electron chi connectivity index (χ2n) is 3.70. The van der Waals surface area contributed by atoms with Crippen molar-refractivity contribution in [2.75, 3.05) is 6.61 Å². The van der Waals surface area contributed by atoms with Crippen LogP contribution in [0, 0.1) is 18.3 Å². The van der Waals surface area contributed by atoms with Gasteiger partial charge in [0, 0.05) is 11.6 Å². The van der Waals surface area contributed by atoms with Crippen LogP contribution in [0.5, 0.6) is 0 Å². The van der Waals surface area contributed by atoms with Crippen LogP contribution in [0.25, 0.3) is 0 Å². The molecule has 4 nitrogen and oxygen atoms in total. The summed E-state index contributed by atoms with van der Waals surface area (Å²) in [6.07, 6.45) is 0. The number of amides is 1. The average Bonchev–Trinajstić information content (AvgIpc) is 2.28. The molecule has 0 aromatic heterocycles. The maximum atomic E-state index is 11.7. The van der Waals surface area contributed by atoms with Crippen molar-refractivity contribution in [1.29, 1.82) is 5.26 Å². The van der Waals surface area contributed by atoms with Gasteiger partial charge in [0.05, 0.1) is 18.2 Å². The molecule has 0 heterocycles. The molecular formula is C12H14N2O2. The molecule has 0 spiro atoms. The molecular weight excluding hydrogens is 204 g/mol. The van der Waals surface area contributed by atoms with E-state index in [4.69, 9.17) is 10.4 Å². The predicted molar refractivity (Wildman–Crippen MR) is 59.9 cm³/mol. The molecule has 1 aromatic rings. The number of benzene rings is 1. The largest absolute Gasteiger partial charge is 0.394 e. The Morgan fingerprint density at radius 2 is 2.31 bits per heavy atom. The first-order valence-corrected chi connectivity index (χ1v) is 5.01. The third-order valence-electron chi connectivity index (χ3n) is 2.25. The van der Waals surface area contributed by atoms with Crippen LogP contribution in [0.15, 0.2) is 18.2 Å². The van der Waals surface area contributed by atoms with Gasteiger partial charge >= 0.3 is 0 Å². The number of carbonyl (C=O) groups is 1. The second-order valence-corrected chi connectivity index (χ2v) is 3.70. The highest BCUT2D eigenvalue weighted by molar-refractivity contribution is 5.95. The van der Waals surface area contributed by atoms with Crippen molar-refractivity contribution in [2.45, 2.75) is 19.9 Å². The number of rotatable bonds is 3. The lowest BCUT2D eigenvalue weighted by molar-refractivity contribution is 0.0921. The van der Waals surface area contributed by atoms with Gasteiger partial charge in [-0.05, 0) is 37.6 Å². The normalized spacial score (nSPS) is 11.6. The van der Waals surface area contributed by atoms with Gasteiger partial charge < -0.3 is 10.4 Å². The fraction of sp³-hybridized carbons (Fsp3) is 0.333. The van der Waals surface area contributed by atoms with Crippen LogP contribution in [0.2, 0.25) is 0 Å². The van der Waals surface area contributed by atoms with E-state index in [-0.39, 0.29) is 18.6 Å². The summed E-state index contributed by atoms with van der Waals surface area (Å²) in [6, 6.07) is 6.63. The summed E-state index contributed by atoms with van der Waals surface area (Å²) < 4.78 is 0. The molecule has 1 atom stereocenters. The first-order chi connectivity index (χ1) is 7.58. The van der Waals surface area contributed by atoms with Crippen molar-refractivity contribution in [3.05, 3.63) is 34.9 Å². The molecule has 84 valence electrons. The van der Waals surface area contributed by atoms with E-state index >= 15 is 0 Å². The number of aliphatic hydroxyl groups excluding tert-OH is 1. The van der Waals surface area contributed by atoms with Crippen LogP contribution in [0.4, 0.5) is 0 Å². The maximum absolute atomic E-state index is 11.7. The number of nitrogens with one attached hydrogen (secondary N) is 1. The van der Waals surface area contributed by atoms with Crippen molar-refractivity contribution in [3.63, 3.8) is 0 Å². The molecule has 1 rings (SSSR count). The van der Waals surface area contributed by atoms with Crippen molar-refractivity contribution < 1.29 is 9.90 Å². The Morgan fingerprint density at radius 3 is 2.81 bits per heavy atom. The first-order valence-electron chi connectivity index (χ1n) is 5.01. The molecule has 0 aliphatic rings. The minimum absolute atomic E-state index is 0.0962. The minimum Gasteiger partial charge on any atom is -0.394 e. The zero-order chi connectivity index (χ0) is 12.1. The van der Waals surface area contributed by atoms with Crippen LogP contribution in [-0.4, -0.2) is 23.7 Å². The molecule has 0 aliphatic carbocycles. The van der Waals surface area contributed by atoms with Crippen LogP contribution >= 0.6 is 0 Å². The zero-order valence-corrected chi connectivity index (χ0v) is 9.32. The highest BCUT2D eigenvalue weighted by atomic mass is 16.3. The fourth-order valence-corrected chi connectivity index (χ4v) is 1.34. The lowest BCUT2D eigenvalue weighted by atomic mass is 10.0. The molecule has 4 heteroatoms. The third kappa shape index (κ3) is 2.81. The molecule has 0 radical (unpaired) electrons. The molecule has 0 aliphatic heterocycles. The van der Waals surface area contributed by atoms with Gasteiger partial charge in [-0.1, -0.05) is 0 Å². The lowest BCUT2D eigenvalue weighted by Gasteiger charge is -2.12. The SMILES string of the molecule is Cc1cc(C#N)ccc1C(=O)NC(C)CO. The van der Waals surface area contributed by atoms with E-state index < -0.39 is 0 Å². The summed E-state index contributed by atoms with van der Waals surface area (Å²) in [7, 11) is 0. The summed E-state index contributed by atoms with van der Waals surface area (Å²) in [5, 5.41) is 20.2. The van der Waals surface area contributed by atoms with E-state index in [9.17, 15) is 4.79 Å². The third-order valence-corrected chi connectivity index (χ3v) is 2.25. The quantitative estimate of drug-likeness (QED) is 0.794. The lowest BCUT2D eigenvalue weighted by Crippen LogP contribution is -2.35. The standard InChI is InChI=1S/C12H14N2O2/c1-8-5-10(6-13)3-4-11(8)12(16)14-9(2)7-15/h3-5,9,15H,7H2,1-2H3,(H,14,16). The van der Waals surface area contributed by atoms with Gasteiger partial charge in [-0.25, -0.2) is 0 Å². The first kappa shape index (κ1) is 12.2. The van der Waals surface area contributed by atoms with Gasteiger partial charge in [0.15, 0.2) is 0 Å². The topological polar surface area (TPSA) is 73.1 Å². The van der Waals surface area contributed by atoms with Gasteiger partial charge in [0.2, 0.25) is 0 Å². The molecule has 0 saturated carbocycles. The van der Waals surface area contributed by atoms with E-state index in [1.165, 1.54) is 0 Å². The van der Waals surface area contributed by atoms with E-state index in [1.807, 2.05) is 6.07 Å². The fourth-order valence-electron chi connectivity index (χ4n) is 1.34. The molecule has 1 amide bonds. The molecule has 1 aromatic carbocycles. The Balaban J connectivity index is 2.89. The number of aliphatic hydroxyl groups is 1. The van der Waals surface area contributed by atoms with Crippen molar-refractivity contribution >= 4 is 5.91 Å². The van der Waals surface area contributed by atoms with Gasteiger partial charge in [-0.2, -0.15) is 5.26 Å². The molecule has 2 N–H and O–H groups in total. The Morgan fingerprint density at radius 1 is 1.62 bits per heavy atom. The van der Waals surface area contributed by atoms with Crippen LogP contribution < -0.4 is 5.32 Å². The van der Waals surface area contributed by atoms with Gasteiger partial charge in [-0.3, -0.25) is 4.79 Å². The van der Waals surface area contributed by atoms with Crippen molar-refractivity contribution in [3.8, 4) is 6.07 Å². The predicted octanol–water partition coefficient (Wildman–Crippen LogP) is 0.977. The number of hydrogen-bond acceptors (Lipinski definition) is 3. The smallest absolute Gasteiger partial charge is 0.251 e. The Labute approximate surface area is 94.5 Å². The van der Waals surface area contributed by atoms with Crippen LogP contribution in [0.1, 0.15) is 28.4 Å². The summed E-state index contributed by atoms with van der Waals surface area (Å²) in [5.74, 6) is -0.233. The monoisotopic (exact) mass is 218 g/mol. The van der Waals surface area contributed by atoms with Crippen LogP contribution in [-0.2, 0) is 0 Å². The van der Waals surface area contributed by atoms with Gasteiger partial charge in [0.1, 0.15) is 0 Å². The van der Waals surface area contributed by atoms with Gasteiger partial charge in [0.25, 0.3) is 5.91 Å². The molecule has 0 fully saturated rings. The Bertz CT molecular complexity index is 435. The maximum Gasteiger partial charge on any atom is 0.251 e. The van der Waals surface area contributed by atoms with Gasteiger partial charge in [-0.15, -0.1) is 0 Å². The van der Waals surface area contributed by atoms with E-state index in [0.717, 1.165) is 5.56 Å². The Kier molecular flexibility index (Phi) is 4.03. The minimum atomic E-state index is -0.275. The molecule has 16 heavy (non-hydrogen) atoms. The summed E-state index contributed by atoms with van der Waals surface area (Å²) >= 11 is 0. The number of aryl methyl sites for hydroxylation is 1. The summed E-state index contributed by atoms with van der Waals surface area (Å²) in [6.45, 7) is 3.40. The van der Waals surface area contributed by atoms with E-state index in [0.29, 0.717) is 11.1 Å². The zero-order valence-electron chi connectivity index (χ0n) is 9.32. The molecule has 1 unspecified atom stereocenters. The number of nitriles is 1. The summed E-state index contributed by atoms with van der Waals surface area (Å²) in [5.41, 5.74) is 1.81. The Hall–Kier alpha value is -1.86. The summed E-state index contributed by atoms with van der Waals surface area (Å²) in [4.78, 5) is 11.7. The molecule has 0 bridgehead atoms. The number of hydrogen-bond donors (Lipinski definition) is 2.